The number of nitriles is 1. The molecular formula is C21H15NO2. The lowest BCUT2D eigenvalue weighted by molar-refractivity contribution is 0.104. The van der Waals surface area contributed by atoms with E-state index in [-0.39, 0.29) is 5.78 Å². The Morgan fingerprint density at radius 1 is 1.04 bits per heavy atom. The van der Waals surface area contributed by atoms with Crippen LogP contribution < -0.4 is 4.74 Å². The van der Waals surface area contributed by atoms with Gasteiger partial charge in [-0.1, -0.05) is 36.4 Å². The normalized spacial score (nSPS) is 10.7. The summed E-state index contributed by atoms with van der Waals surface area (Å²) < 4.78 is 5.21. The molecule has 116 valence electrons. The largest absolute Gasteiger partial charge is 0.497 e. The van der Waals surface area contributed by atoms with Crippen LogP contribution in [0.25, 0.3) is 16.8 Å². The molecule has 3 rings (SSSR count). The van der Waals surface area contributed by atoms with Gasteiger partial charge in [0.05, 0.1) is 18.7 Å². The number of hydrogen-bond donors (Lipinski definition) is 0. The number of nitrogens with zero attached hydrogens (tertiary/aromatic N) is 1. The molecule has 3 heteroatoms. The Bertz CT molecular complexity index is 981. The zero-order valence-corrected chi connectivity index (χ0v) is 13.2. The number of carbonyl (C=O) groups is 1. The highest BCUT2D eigenvalue weighted by atomic mass is 16.5. The number of ketones is 1. The van der Waals surface area contributed by atoms with Crippen molar-refractivity contribution in [2.45, 2.75) is 0 Å². The summed E-state index contributed by atoms with van der Waals surface area (Å²) in [7, 11) is 1.63. The zero-order chi connectivity index (χ0) is 16.9. The fourth-order valence-electron chi connectivity index (χ4n) is 2.48. The van der Waals surface area contributed by atoms with Crippen molar-refractivity contribution >= 4 is 22.6 Å². The Balaban J connectivity index is 1.85. The number of fused-ring (bicyclic) bond motifs is 1. The van der Waals surface area contributed by atoms with Gasteiger partial charge >= 0.3 is 0 Å². The van der Waals surface area contributed by atoms with E-state index < -0.39 is 0 Å². The molecule has 0 aliphatic carbocycles. The number of hydrogen-bond acceptors (Lipinski definition) is 3. The van der Waals surface area contributed by atoms with Gasteiger partial charge in [-0.3, -0.25) is 4.79 Å². The maximum absolute atomic E-state index is 12.4. The van der Waals surface area contributed by atoms with Crippen molar-refractivity contribution in [3.63, 3.8) is 0 Å². The molecule has 0 bridgehead atoms. The van der Waals surface area contributed by atoms with Crippen LogP contribution in [0, 0.1) is 11.3 Å². The van der Waals surface area contributed by atoms with E-state index in [1.54, 1.807) is 37.5 Å². The zero-order valence-electron chi connectivity index (χ0n) is 13.2. The minimum absolute atomic E-state index is 0.0740. The molecule has 0 aliphatic heterocycles. The van der Waals surface area contributed by atoms with Crippen molar-refractivity contribution in [1.29, 1.82) is 5.26 Å². The molecule has 0 radical (unpaired) electrons. The van der Waals surface area contributed by atoms with E-state index in [4.69, 9.17) is 10.00 Å². The number of benzene rings is 3. The van der Waals surface area contributed by atoms with Crippen LogP contribution >= 0.6 is 0 Å². The van der Waals surface area contributed by atoms with Crippen LogP contribution in [0.1, 0.15) is 21.5 Å². The Morgan fingerprint density at radius 3 is 2.62 bits per heavy atom. The van der Waals surface area contributed by atoms with Crippen molar-refractivity contribution in [3.8, 4) is 11.8 Å². The van der Waals surface area contributed by atoms with Gasteiger partial charge in [0.2, 0.25) is 0 Å². The summed E-state index contributed by atoms with van der Waals surface area (Å²) >= 11 is 0. The van der Waals surface area contributed by atoms with E-state index in [1.165, 1.54) is 6.08 Å². The summed E-state index contributed by atoms with van der Waals surface area (Å²) in [6.45, 7) is 0. The van der Waals surface area contributed by atoms with E-state index in [9.17, 15) is 4.79 Å². The summed E-state index contributed by atoms with van der Waals surface area (Å²) in [6, 6.07) is 20.6. The van der Waals surface area contributed by atoms with Crippen LogP contribution in [-0.4, -0.2) is 12.9 Å². The molecule has 0 atom stereocenters. The summed E-state index contributed by atoms with van der Waals surface area (Å²) in [5.41, 5.74) is 2.03. The molecule has 3 nitrogen and oxygen atoms in total. The standard InChI is InChI=1S/C21H15NO2/c1-24-20-9-8-17-12-19(7-6-18(17)13-20)21(23)10-5-15-3-2-4-16(11-15)14-22/h2-13H,1H3. The summed E-state index contributed by atoms with van der Waals surface area (Å²) in [6.07, 6.45) is 3.25. The molecule has 0 heterocycles. The monoisotopic (exact) mass is 313 g/mol. The van der Waals surface area contributed by atoms with E-state index in [0.29, 0.717) is 11.1 Å². The predicted octanol–water partition coefficient (Wildman–Crippen LogP) is 4.62. The van der Waals surface area contributed by atoms with Crippen molar-refractivity contribution in [2.24, 2.45) is 0 Å². The smallest absolute Gasteiger partial charge is 0.185 e. The average molecular weight is 313 g/mol. The first-order chi connectivity index (χ1) is 11.7. The third kappa shape index (κ3) is 3.34. The Kier molecular flexibility index (Phi) is 4.40. The molecule has 3 aromatic rings. The van der Waals surface area contributed by atoms with Crippen molar-refractivity contribution in [2.75, 3.05) is 7.11 Å². The first-order valence-electron chi connectivity index (χ1n) is 7.50. The predicted molar refractivity (Wildman–Crippen MR) is 95.0 cm³/mol. The van der Waals surface area contributed by atoms with Gasteiger partial charge in [-0.2, -0.15) is 5.26 Å². The SMILES string of the molecule is COc1ccc2cc(C(=O)C=Cc3cccc(C#N)c3)ccc2c1. The quantitative estimate of drug-likeness (QED) is 0.522. The molecule has 24 heavy (non-hydrogen) atoms. The highest BCUT2D eigenvalue weighted by molar-refractivity contribution is 6.08. The number of rotatable bonds is 4. The van der Waals surface area contributed by atoms with Gasteiger partial charge in [-0.05, 0) is 52.7 Å². The van der Waals surface area contributed by atoms with Gasteiger partial charge in [-0.15, -0.1) is 0 Å². The molecule has 0 saturated carbocycles. The Labute approximate surface area is 140 Å². The number of carbonyl (C=O) groups excluding carboxylic acids is 1. The Hall–Kier alpha value is -3.38. The molecule has 0 aliphatic rings. The average Bonchev–Trinajstić information content (AvgIpc) is 2.65. The van der Waals surface area contributed by atoms with Crippen molar-refractivity contribution in [1.82, 2.24) is 0 Å². The molecule has 0 unspecified atom stereocenters. The van der Waals surface area contributed by atoms with E-state index in [1.807, 2.05) is 36.4 Å². The molecule has 0 N–H and O–H groups in total. The molecule has 3 aromatic carbocycles. The lowest BCUT2D eigenvalue weighted by Crippen LogP contribution is -1.94. The van der Waals surface area contributed by atoms with Crippen LogP contribution in [0.3, 0.4) is 0 Å². The lowest BCUT2D eigenvalue weighted by Gasteiger charge is -2.04. The molecule has 0 spiro atoms. The van der Waals surface area contributed by atoms with Crippen LogP contribution in [0.15, 0.2) is 66.7 Å². The highest BCUT2D eigenvalue weighted by Crippen LogP contribution is 2.22. The van der Waals surface area contributed by atoms with Gasteiger partial charge in [-0.25, -0.2) is 0 Å². The van der Waals surface area contributed by atoms with Gasteiger partial charge in [0.25, 0.3) is 0 Å². The third-order valence-corrected chi connectivity index (χ3v) is 3.77. The van der Waals surface area contributed by atoms with Crippen LogP contribution in [-0.2, 0) is 0 Å². The van der Waals surface area contributed by atoms with Gasteiger partial charge in [0.1, 0.15) is 5.75 Å². The van der Waals surface area contributed by atoms with Crippen LogP contribution in [0.5, 0.6) is 5.75 Å². The molecule has 0 amide bonds. The minimum Gasteiger partial charge on any atom is -0.497 e. The number of methoxy groups -OCH3 is 1. The summed E-state index contributed by atoms with van der Waals surface area (Å²) in [5, 5.41) is 10.9. The van der Waals surface area contributed by atoms with Crippen LogP contribution in [0.4, 0.5) is 0 Å². The van der Waals surface area contributed by atoms with E-state index >= 15 is 0 Å². The van der Waals surface area contributed by atoms with Crippen LogP contribution in [0.2, 0.25) is 0 Å². The number of allylic oxidation sites excluding steroid dienone is 1. The minimum atomic E-state index is -0.0740. The molecule has 0 saturated heterocycles. The van der Waals surface area contributed by atoms with E-state index in [0.717, 1.165) is 22.1 Å². The number of ether oxygens (including phenoxy) is 1. The van der Waals surface area contributed by atoms with Gasteiger partial charge in [0.15, 0.2) is 5.78 Å². The molecule has 0 aromatic heterocycles. The maximum atomic E-state index is 12.4. The van der Waals surface area contributed by atoms with Gasteiger partial charge < -0.3 is 4.74 Å². The van der Waals surface area contributed by atoms with E-state index in [2.05, 4.69) is 6.07 Å². The van der Waals surface area contributed by atoms with Crippen molar-refractivity contribution in [3.05, 3.63) is 83.4 Å². The molecular weight excluding hydrogens is 298 g/mol. The fourth-order valence-corrected chi connectivity index (χ4v) is 2.48. The summed E-state index contributed by atoms with van der Waals surface area (Å²) in [5.74, 6) is 0.717. The summed E-state index contributed by atoms with van der Waals surface area (Å²) in [4.78, 5) is 12.4. The first kappa shape index (κ1) is 15.5. The third-order valence-electron chi connectivity index (χ3n) is 3.77. The fraction of sp³-hybridized carbons (Fsp3) is 0.0476. The maximum Gasteiger partial charge on any atom is 0.185 e. The lowest BCUT2D eigenvalue weighted by atomic mass is 10.0. The molecule has 0 fully saturated rings. The second-order valence-electron chi connectivity index (χ2n) is 5.36. The first-order valence-corrected chi connectivity index (χ1v) is 7.50. The van der Waals surface area contributed by atoms with Gasteiger partial charge in [0, 0.05) is 5.56 Å². The Morgan fingerprint density at radius 2 is 1.83 bits per heavy atom. The van der Waals surface area contributed by atoms with Crippen molar-refractivity contribution < 1.29 is 9.53 Å². The second-order valence-corrected chi connectivity index (χ2v) is 5.36. The highest BCUT2D eigenvalue weighted by Gasteiger charge is 2.04. The topological polar surface area (TPSA) is 50.1 Å². The second kappa shape index (κ2) is 6.80.